The van der Waals surface area contributed by atoms with E-state index >= 15 is 0 Å². The summed E-state index contributed by atoms with van der Waals surface area (Å²) in [5.74, 6) is 1.49. The molecule has 154 valence electrons. The molecule has 0 bridgehead atoms. The van der Waals surface area contributed by atoms with Crippen LogP contribution in [0.5, 0.6) is 11.5 Å². The van der Waals surface area contributed by atoms with Gasteiger partial charge in [-0.2, -0.15) is 0 Å². The van der Waals surface area contributed by atoms with E-state index in [0.29, 0.717) is 6.61 Å². The van der Waals surface area contributed by atoms with Gasteiger partial charge in [0.2, 0.25) is 0 Å². The molecule has 0 radical (unpaired) electrons. The van der Waals surface area contributed by atoms with Crippen molar-refractivity contribution in [2.45, 2.75) is 31.7 Å². The molecule has 2 N–H and O–H groups in total. The Kier molecular flexibility index (Phi) is 7.48. The summed E-state index contributed by atoms with van der Waals surface area (Å²) >= 11 is 0. The van der Waals surface area contributed by atoms with E-state index in [9.17, 15) is 0 Å². The van der Waals surface area contributed by atoms with Gasteiger partial charge in [0.25, 0.3) is 0 Å². The van der Waals surface area contributed by atoms with Crippen molar-refractivity contribution in [3.63, 3.8) is 0 Å². The van der Waals surface area contributed by atoms with Crippen LogP contribution < -0.4 is 15.2 Å². The van der Waals surface area contributed by atoms with E-state index in [1.165, 1.54) is 25.9 Å². The van der Waals surface area contributed by atoms with Crippen LogP contribution in [-0.2, 0) is 0 Å². The smallest absolute Gasteiger partial charge is 0.163 e. The number of nitrogens with two attached hydrogens (primary N) is 1. The summed E-state index contributed by atoms with van der Waals surface area (Å²) in [7, 11) is 5.81. The highest BCUT2D eigenvalue weighted by molar-refractivity contribution is 5.86. The van der Waals surface area contributed by atoms with Crippen LogP contribution in [0.4, 0.5) is 0 Å². The van der Waals surface area contributed by atoms with Crippen LogP contribution in [0.2, 0.25) is 0 Å². The highest BCUT2D eigenvalue weighted by Crippen LogP contribution is 2.34. The molecule has 0 saturated carbocycles. The summed E-state index contributed by atoms with van der Waals surface area (Å²) in [5, 5.41) is 1.04. The van der Waals surface area contributed by atoms with Crippen molar-refractivity contribution >= 4 is 10.9 Å². The Morgan fingerprint density at radius 3 is 2.71 bits per heavy atom. The monoisotopic (exact) mass is 386 g/mol. The summed E-state index contributed by atoms with van der Waals surface area (Å²) in [6.07, 6.45) is 6.39. The molecule has 1 unspecified atom stereocenters. The third kappa shape index (κ3) is 5.34. The van der Waals surface area contributed by atoms with E-state index in [4.69, 9.17) is 15.2 Å². The van der Waals surface area contributed by atoms with Gasteiger partial charge in [-0.05, 0) is 77.1 Å². The number of rotatable bonds is 10. The van der Waals surface area contributed by atoms with Gasteiger partial charge < -0.3 is 25.0 Å². The normalized spacial score (nSPS) is 16.0. The minimum atomic E-state index is -0.0372. The van der Waals surface area contributed by atoms with Crippen LogP contribution in [-0.4, -0.2) is 68.8 Å². The molecule has 1 atom stereocenters. The maximum absolute atomic E-state index is 6.47. The summed E-state index contributed by atoms with van der Waals surface area (Å²) in [6.45, 7) is 5.17. The lowest BCUT2D eigenvalue weighted by atomic mass is 9.99. The summed E-state index contributed by atoms with van der Waals surface area (Å²) in [4.78, 5) is 9.19. The van der Waals surface area contributed by atoms with Gasteiger partial charge in [-0.1, -0.05) is 0 Å². The lowest BCUT2D eigenvalue weighted by Gasteiger charge is -2.19. The highest BCUT2D eigenvalue weighted by atomic mass is 16.5. The van der Waals surface area contributed by atoms with E-state index < -0.39 is 0 Å². The molecule has 1 aliphatic rings. The van der Waals surface area contributed by atoms with E-state index in [1.54, 1.807) is 7.11 Å². The average Bonchev–Trinajstić information content (AvgIpc) is 3.21. The topological polar surface area (TPSA) is 63.9 Å². The second-order valence-corrected chi connectivity index (χ2v) is 7.87. The fourth-order valence-electron chi connectivity index (χ4n) is 3.80. The molecule has 6 nitrogen and oxygen atoms in total. The van der Waals surface area contributed by atoms with Crippen LogP contribution in [0, 0.1) is 0 Å². The van der Waals surface area contributed by atoms with E-state index in [-0.39, 0.29) is 6.04 Å². The largest absolute Gasteiger partial charge is 0.493 e. The molecule has 1 saturated heterocycles. The Labute approximate surface area is 168 Å². The zero-order valence-electron chi connectivity index (χ0n) is 17.5. The SMILES string of the molecule is COc1cc2c(C(N)CCN(C)C)ccnc2cc1OCCCN1CCCC1. The maximum atomic E-state index is 6.47. The molecule has 0 spiro atoms. The van der Waals surface area contributed by atoms with Crippen LogP contribution >= 0.6 is 0 Å². The van der Waals surface area contributed by atoms with Gasteiger partial charge in [-0.15, -0.1) is 0 Å². The molecule has 1 fully saturated rings. The van der Waals surface area contributed by atoms with E-state index in [1.807, 2.05) is 24.4 Å². The van der Waals surface area contributed by atoms with Crippen molar-refractivity contribution in [2.75, 3.05) is 54.0 Å². The summed E-state index contributed by atoms with van der Waals surface area (Å²) in [6, 6.07) is 5.97. The second kappa shape index (κ2) is 10.0. The lowest BCUT2D eigenvalue weighted by molar-refractivity contribution is 0.254. The number of benzene rings is 1. The number of nitrogens with zero attached hydrogens (tertiary/aromatic N) is 3. The number of aromatic nitrogens is 1. The standard InChI is InChI=1S/C22H34N4O2/c1-25(2)13-8-19(23)17-7-9-24-20-16-22(21(27-3)15-18(17)20)28-14-6-12-26-10-4-5-11-26/h7,9,15-16,19H,4-6,8,10-14,23H2,1-3H3. The van der Waals surface area contributed by atoms with Crippen molar-refractivity contribution < 1.29 is 9.47 Å². The third-order valence-electron chi connectivity index (χ3n) is 5.42. The molecule has 0 amide bonds. The van der Waals surface area contributed by atoms with Gasteiger partial charge in [-0.25, -0.2) is 0 Å². The molecular weight excluding hydrogens is 352 g/mol. The molecule has 1 aliphatic heterocycles. The molecule has 2 aromatic rings. The van der Waals surface area contributed by atoms with Crippen molar-refractivity contribution in [1.82, 2.24) is 14.8 Å². The number of hydrogen-bond donors (Lipinski definition) is 1. The van der Waals surface area contributed by atoms with Crippen molar-refractivity contribution in [3.05, 3.63) is 30.0 Å². The average molecular weight is 387 g/mol. The lowest BCUT2D eigenvalue weighted by Crippen LogP contribution is -2.22. The minimum Gasteiger partial charge on any atom is -0.493 e. The molecular formula is C22H34N4O2. The first-order valence-corrected chi connectivity index (χ1v) is 10.3. The molecule has 1 aromatic heterocycles. The molecule has 28 heavy (non-hydrogen) atoms. The molecule has 3 rings (SSSR count). The first kappa shape index (κ1) is 20.8. The fraction of sp³-hybridized carbons (Fsp3) is 0.591. The number of methoxy groups -OCH3 is 1. The van der Waals surface area contributed by atoms with E-state index in [2.05, 4.69) is 28.9 Å². The zero-order chi connectivity index (χ0) is 19.9. The Morgan fingerprint density at radius 1 is 1.21 bits per heavy atom. The predicted octanol–water partition coefficient (Wildman–Crippen LogP) is 3.06. The first-order chi connectivity index (χ1) is 13.6. The Hall–Kier alpha value is -1.89. The summed E-state index contributed by atoms with van der Waals surface area (Å²) in [5.41, 5.74) is 8.46. The van der Waals surface area contributed by atoms with Crippen molar-refractivity contribution in [1.29, 1.82) is 0 Å². The van der Waals surface area contributed by atoms with Crippen molar-refractivity contribution in [2.24, 2.45) is 5.73 Å². The number of pyridine rings is 1. The fourth-order valence-corrected chi connectivity index (χ4v) is 3.80. The third-order valence-corrected chi connectivity index (χ3v) is 5.42. The molecule has 2 heterocycles. The molecule has 0 aliphatic carbocycles. The van der Waals surface area contributed by atoms with Gasteiger partial charge >= 0.3 is 0 Å². The first-order valence-electron chi connectivity index (χ1n) is 10.3. The van der Waals surface area contributed by atoms with Gasteiger partial charge in [-0.3, -0.25) is 4.98 Å². The zero-order valence-corrected chi connectivity index (χ0v) is 17.5. The number of hydrogen-bond acceptors (Lipinski definition) is 6. The van der Waals surface area contributed by atoms with Gasteiger partial charge in [0, 0.05) is 30.2 Å². The van der Waals surface area contributed by atoms with Crippen LogP contribution in [0.15, 0.2) is 24.4 Å². The Bertz CT molecular complexity index is 760. The predicted molar refractivity (Wildman–Crippen MR) is 114 cm³/mol. The Morgan fingerprint density at radius 2 is 2.00 bits per heavy atom. The highest BCUT2D eigenvalue weighted by Gasteiger charge is 2.15. The van der Waals surface area contributed by atoms with Crippen LogP contribution in [0.3, 0.4) is 0 Å². The number of likely N-dealkylation sites (tertiary alicyclic amines) is 1. The van der Waals surface area contributed by atoms with E-state index in [0.717, 1.165) is 53.9 Å². The number of ether oxygens (including phenoxy) is 2. The second-order valence-electron chi connectivity index (χ2n) is 7.87. The Balaban J connectivity index is 1.71. The van der Waals surface area contributed by atoms with Gasteiger partial charge in [0.05, 0.1) is 19.2 Å². The summed E-state index contributed by atoms with van der Waals surface area (Å²) < 4.78 is 11.7. The maximum Gasteiger partial charge on any atom is 0.163 e. The molecule has 6 heteroatoms. The van der Waals surface area contributed by atoms with Gasteiger partial charge in [0.15, 0.2) is 11.5 Å². The molecule has 1 aromatic carbocycles. The number of fused-ring (bicyclic) bond motifs is 1. The quantitative estimate of drug-likeness (QED) is 0.633. The van der Waals surface area contributed by atoms with Crippen LogP contribution in [0.1, 0.15) is 37.3 Å². The van der Waals surface area contributed by atoms with Crippen LogP contribution in [0.25, 0.3) is 10.9 Å². The minimum absolute atomic E-state index is 0.0372. The van der Waals surface area contributed by atoms with Gasteiger partial charge in [0.1, 0.15) is 0 Å². The van der Waals surface area contributed by atoms with Crippen molar-refractivity contribution in [3.8, 4) is 11.5 Å².